The van der Waals surface area contributed by atoms with Crippen molar-refractivity contribution < 1.29 is 0 Å². The number of hydrogen-bond donors (Lipinski definition) is 0. The Hall–Kier alpha value is -0.530. The zero-order valence-electron chi connectivity index (χ0n) is 7.94. The molecule has 1 aliphatic rings. The highest BCUT2D eigenvalue weighted by Crippen LogP contribution is 2.19. The summed E-state index contributed by atoms with van der Waals surface area (Å²) in [7, 11) is 0. The highest BCUT2D eigenvalue weighted by molar-refractivity contribution is 5.85. The molecule has 1 aromatic carbocycles. The summed E-state index contributed by atoms with van der Waals surface area (Å²) >= 11 is 0. The van der Waals surface area contributed by atoms with E-state index in [1.54, 1.807) is 0 Å². The van der Waals surface area contributed by atoms with Gasteiger partial charge in [0.05, 0.1) is 0 Å². The van der Waals surface area contributed by atoms with Crippen molar-refractivity contribution in [3.05, 3.63) is 35.9 Å². The largest absolute Gasteiger partial charge is 0.296 e. The van der Waals surface area contributed by atoms with Crippen LogP contribution < -0.4 is 0 Å². The van der Waals surface area contributed by atoms with Gasteiger partial charge in [-0.3, -0.25) is 4.90 Å². The highest BCUT2D eigenvalue weighted by Gasteiger charge is 2.22. The van der Waals surface area contributed by atoms with Gasteiger partial charge in [0, 0.05) is 19.1 Å². The van der Waals surface area contributed by atoms with E-state index in [1.807, 2.05) is 0 Å². The van der Waals surface area contributed by atoms with E-state index in [-0.39, 0.29) is 12.4 Å². The van der Waals surface area contributed by atoms with Gasteiger partial charge in [0.2, 0.25) is 0 Å². The second kappa shape index (κ2) is 4.64. The number of rotatable bonds is 2. The third-order valence-electron chi connectivity index (χ3n) is 2.69. The predicted molar refractivity (Wildman–Crippen MR) is 58.2 cm³/mol. The maximum absolute atomic E-state index is 2.51. The second-order valence-corrected chi connectivity index (χ2v) is 3.59. The first kappa shape index (κ1) is 10.6. The van der Waals surface area contributed by atoms with Crippen LogP contribution in [0.1, 0.15) is 18.9 Å². The van der Waals surface area contributed by atoms with Crippen LogP contribution >= 0.6 is 12.4 Å². The van der Waals surface area contributed by atoms with Gasteiger partial charge in [-0.25, -0.2) is 0 Å². The van der Waals surface area contributed by atoms with Gasteiger partial charge < -0.3 is 0 Å². The monoisotopic (exact) mass is 197 g/mol. The van der Waals surface area contributed by atoms with Gasteiger partial charge in [0.1, 0.15) is 0 Å². The van der Waals surface area contributed by atoms with Crippen molar-refractivity contribution in [3.63, 3.8) is 0 Å². The zero-order valence-corrected chi connectivity index (χ0v) is 8.76. The molecule has 0 bridgehead atoms. The van der Waals surface area contributed by atoms with Crippen molar-refractivity contribution in [2.24, 2.45) is 0 Å². The van der Waals surface area contributed by atoms with Crippen LogP contribution in [0.4, 0.5) is 0 Å². The molecule has 0 aromatic heterocycles. The molecule has 13 heavy (non-hydrogen) atoms. The van der Waals surface area contributed by atoms with E-state index in [0.717, 1.165) is 12.6 Å². The van der Waals surface area contributed by atoms with E-state index in [2.05, 4.69) is 42.2 Å². The molecule has 1 aromatic rings. The first-order chi connectivity index (χ1) is 5.86. The number of halogens is 1. The van der Waals surface area contributed by atoms with Gasteiger partial charge in [-0.15, -0.1) is 12.4 Å². The first-order valence-electron chi connectivity index (χ1n) is 4.64. The molecule has 0 N–H and O–H groups in total. The van der Waals surface area contributed by atoms with Crippen molar-refractivity contribution in [2.45, 2.75) is 25.9 Å². The average Bonchev–Trinajstić information content (AvgIpc) is 2.14. The Kier molecular flexibility index (Phi) is 3.76. The van der Waals surface area contributed by atoms with Crippen molar-refractivity contribution in [1.82, 2.24) is 4.90 Å². The molecule has 0 aliphatic carbocycles. The summed E-state index contributed by atoms with van der Waals surface area (Å²) < 4.78 is 0. The molecule has 0 radical (unpaired) electrons. The molecule has 1 saturated heterocycles. The molecule has 2 rings (SSSR count). The molecule has 1 nitrogen and oxygen atoms in total. The Bertz CT molecular complexity index is 248. The number of hydrogen-bond acceptors (Lipinski definition) is 1. The number of likely N-dealkylation sites (tertiary alicyclic amines) is 1. The smallest absolute Gasteiger partial charge is 0.0236 e. The molecule has 0 unspecified atom stereocenters. The fourth-order valence-corrected chi connectivity index (χ4v) is 1.62. The standard InChI is InChI=1S/C11H15N.ClH/c1-10-7-8-12(10)9-11-5-3-2-4-6-11;/h2-6,10H,7-9H2,1H3;1H/t10-;/m0./s1. The summed E-state index contributed by atoms with van der Waals surface area (Å²) in [5.41, 5.74) is 1.43. The minimum absolute atomic E-state index is 0. The topological polar surface area (TPSA) is 3.24 Å². The Labute approximate surface area is 86.2 Å². The quantitative estimate of drug-likeness (QED) is 0.705. The summed E-state index contributed by atoms with van der Waals surface area (Å²) in [4.78, 5) is 2.51. The predicted octanol–water partition coefficient (Wildman–Crippen LogP) is 2.70. The lowest BCUT2D eigenvalue weighted by Crippen LogP contribution is -2.44. The van der Waals surface area contributed by atoms with Gasteiger partial charge in [0.15, 0.2) is 0 Å². The van der Waals surface area contributed by atoms with Crippen LogP contribution in [-0.4, -0.2) is 17.5 Å². The van der Waals surface area contributed by atoms with Crippen molar-refractivity contribution >= 4 is 12.4 Å². The molecule has 1 atom stereocenters. The Morgan fingerprint density at radius 2 is 2.00 bits per heavy atom. The summed E-state index contributed by atoms with van der Waals surface area (Å²) in [6.07, 6.45) is 1.37. The van der Waals surface area contributed by atoms with E-state index < -0.39 is 0 Å². The number of nitrogens with zero attached hydrogens (tertiary/aromatic N) is 1. The van der Waals surface area contributed by atoms with Crippen LogP contribution in [0.2, 0.25) is 0 Å². The molecule has 2 heteroatoms. The Balaban J connectivity index is 0.000000845. The van der Waals surface area contributed by atoms with E-state index in [4.69, 9.17) is 0 Å². The number of benzene rings is 1. The van der Waals surface area contributed by atoms with E-state index in [0.29, 0.717) is 0 Å². The van der Waals surface area contributed by atoms with Gasteiger partial charge >= 0.3 is 0 Å². The molecule has 0 saturated carbocycles. The SMILES string of the molecule is C[C@H]1CCN1Cc1ccccc1.Cl. The van der Waals surface area contributed by atoms with Crippen molar-refractivity contribution in [1.29, 1.82) is 0 Å². The minimum atomic E-state index is 0. The van der Waals surface area contributed by atoms with Gasteiger partial charge in [-0.1, -0.05) is 30.3 Å². The molecular weight excluding hydrogens is 182 g/mol. The van der Waals surface area contributed by atoms with Gasteiger partial charge in [-0.2, -0.15) is 0 Å². The second-order valence-electron chi connectivity index (χ2n) is 3.59. The van der Waals surface area contributed by atoms with Gasteiger partial charge in [-0.05, 0) is 18.9 Å². The van der Waals surface area contributed by atoms with Crippen LogP contribution in [0.3, 0.4) is 0 Å². The Morgan fingerprint density at radius 1 is 1.31 bits per heavy atom. The fraction of sp³-hybridized carbons (Fsp3) is 0.455. The lowest BCUT2D eigenvalue weighted by atomic mass is 10.0. The average molecular weight is 198 g/mol. The van der Waals surface area contributed by atoms with E-state index in [9.17, 15) is 0 Å². The summed E-state index contributed by atoms with van der Waals surface area (Å²) in [6.45, 7) is 4.70. The van der Waals surface area contributed by atoms with E-state index in [1.165, 1.54) is 18.5 Å². The van der Waals surface area contributed by atoms with Gasteiger partial charge in [0.25, 0.3) is 0 Å². The van der Waals surface area contributed by atoms with E-state index >= 15 is 0 Å². The third-order valence-corrected chi connectivity index (χ3v) is 2.69. The van der Waals surface area contributed by atoms with Crippen LogP contribution in [-0.2, 0) is 6.54 Å². The molecule has 1 heterocycles. The van der Waals surface area contributed by atoms with Crippen molar-refractivity contribution in [2.75, 3.05) is 6.54 Å². The van der Waals surface area contributed by atoms with Crippen LogP contribution in [0.25, 0.3) is 0 Å². The van der Waals surface area contributed by atoms with Crippen LogP contribution in [0.5, 0.6) is 0 Å². The summed E-state index contributed by atoms with van der Waals surface area (Å²) in [6, 6.07) is 11.5. The maximum atomic E-state index is 2.51. The lowest BCUT2D eigenvalue weighted by Gasteiger charge is -2.38. The maximum Gasteiger partial charge on any atom is 0.0236 e. The molecule has 0 spiro atoms. The fourth-order valence-electron chi connectivity index (χ4n) is 1.62. The summed E-state index contributed by atoms with van der Waals surface area (Å²) in [5.74, 6) is 0. The molecule has 1 fully saturated rings. The van der Waals surface area contributed by atoms with Crippen molar-refractivity contribution in [3.8, 4) is 0 Å². The Morgan fingerprint density at radius 3 is 2.46 bits per heavy atom. The zero-order chi connectivity index (χ0) is 8.39. The molecule has 72 valence electrons. The third kappa shape index (κ3) is 2.45. The molecular formula is C11H16ClN. The molecule has 1 aliphatic heterocycles. The van der Waals surface area contributed by atoms with Crippen LogP contribution in [0, 0.1) is 0 Å². The normalized spacial score (nSPS) is 21.8. The minimum Gasteiger partial charge on any atom is -0.296 e. The highest BCUT2D eigenvalue weighted by atomic mass is 35.5. The lowest BCUT2D eigenvalue weighted by molar-refractivity contribution is 0.0959. The first-order valence-corrected chi connectivity index (χ1v) is 4.64. The van der Waals surface area contributed by atoms with Crippen LogP contribution in [0.15, 0.2) is 30.3 Å². The molecule has 0 amide bonds. The summed E-state index contributed by atoms with van der Waals surface area (Å²) in [5, 5.41) is 0.